The maximum Gasteiger partial charge on any atom is 0.214 e. The highest BCUT2D eigenvalue weighted by Gasteiger charge is 2.36. The zero-order valence-corrected chi connectivity index (χ0v) is 14.2. The SMILES string of the molecule is O=S(=O)(NCC(c1ccc(Cl)cc1)N1CCCCC1)C1CC1. The van der Waals surface area contributed by atoms with Gasteiger partial charge in [-0.2, -0.15) is 0 Å². The summed E-state index contributed by atoms with van der Waals surface area (Å²) in [5.41, 5.74) is 1.13. The van der Waals surface area contributed by atoms with Crippen LogP contribution in [-0.4, -0.2) is 38.2 Å². The second-order valence-electron chi connectivity index (χ2n) is 6.26. The summed E-state index contributed by atoms with van der Waals surface area (Å²) in [6, 6.07) is 7.86. The fraction of sp³-hybridized carbons (Fsp3) is 0.625. The zero-order valence-electron chi connectivity index (χ0n) is 12.7. The molecular formula is C16H23ClN2O2S. The van der Waals surface area contributed by atoms with E-state index in [0.717, 1.165) is 31.5 Å². The first-order valence-corrected chi connectivity index (χ1v) is 9.97. The Morgan fingerprint density at radius 3 is 2.36 bits per heavy atom. The van der Waals surface area contributed by atoms with Crippen molar-refractivity contribution in [3.63, 3.8) is 0 Å². The summed E-state index contributed by atoms with van der Waals surface area (Å²) in [4.78, 5) is 2.39. The predicted molar refractivity (Wildman–Crippen MR) is 89.6 cm³/mol. The third-order valence-corrected chi connectivity index (χ3v) is 6.70. The minimum absolute atomic E-state index is 0.0890. The Labute approximate surface area is 137 Å². The Bertz CT molecular complexity index is 593. The highest BCUT2D eigenvalue weighted by Crippen LogP contribution is 2.29. The minimum Gasteiger partial charge on any atom is -0.295 e. The number of nitrogens with one attached hydrogen (secondary N) is 1. The number of likely N-dealkylation sites (tertiary alicyclic amines) is 1. The molecule has 1 aliphatic heterocycles. The van der Waals surface area contributed by atoms with Crippen LogP contribution in [0.25, 0.3) is 0 Å². The molecule has 2 aliphatic rings. The Hall–Kier alpha value is -0.620. The summed E-state index contributed by atoms with van der Waals surface area (Å²) in [6.07, 6.45) is 5.21. The number of benzene rings is 1. The highest BCUT2D eigenvalue weighted by molar-refractivity contribution is 7.90. The van der Waals surface area contributed by atoms with Crippen LogP contribution in [0.4, 0.5) is 0 Å². The molecule has 1 saturated carbocycles. The van der Waals surface area contributed by atoms with Crippen molar-refractivity contribution in [2.45, 2.75) is 43.4 Å². The first kappa shape index (κ1) is 16.2. The van der Waals surface area contributed by atoms with Crippen molar-refractivity contribution in [3.8, 4) is 0 Å². The van der Waals surface area contributed by atoms with Gasteiger partial charge in [0.15, 0.2) is 0 Å². The lowest BCUT2D eigenvalue weighted by Gasteiger charge is -2.35. The van der Waals surface area contributed by atoms with Gasteiger partial charge in [-0.25, -0.2) is 13.1 Å². The van der Waals surface area contributed by atoms with Gasteiger partial charge in [0.05, 0.1) is 5.25 Å². The fourth-order valence-corrected chi connectivity index (χ4v) is 4.57. The van der Waals surface area contributed by atoms with Gasteiger partial charge in [0.2, 0.25) is 10.0 Å². The number of piperidine rings is 1. The third-order valence-electron chi connectivity index (χ3n) is 4.53. The molecule has 1 N–H and O–H groups in total. The quantitative estimate of drug-likeness (QED) is 0.864. The molecule has 22 heavy (non-hydrogen) atoms. The molecule has 6 heteroatoms. The van der Waals surface area contributed by atoms with Crippen LogP contribution in [0.15, 0.2) is 24.3 Å². The average Bonchev–Trinajstić information content (AvgIpc) is 3.35. The van der Waals surface area contributed by atoms with E-state index in [4.69, 9.17) is 11.6 Å². The van der Waals surface area contributed by atoms with Crippen molar-refractivity contribution < 1.29 is 8.42 Å². The standard InChI is InChI=1S/C16H23ClN2O2S/c17-14-6-4-13(5-7-14)16(19-10-2-1-3-11-19)12-18-22(20,21)15-8-9-15/h4-7,15-16,18H,1-3,8-12H2. The van der Waals surface area contributed by atoms with Crippen LogP contribution in [0, 0.1) is 0 Å². The third kappa shape index (κ3) is 4.02. The Kier molecular flexibility index (Phi) is 5.07. The molecular weight excluding hydrogens is 320 g/mol. The molecule has 1 unspecified atom stereocenters. The first-order valence-electron chi connectivity index (χ1n) is 8.04. The minimum atomic E-state index is -3.14. The van der Waals surface area contributed by atoms with Crippen molar-refractivity contribution >= 4 is 21.6 Å². The van der Waals surface area contributed by atoms with Crippen LogP contribution in [0.5, 0.6) is 0 Å². The lowest BCUT2D eigenvalue weighted by atomic mass is 10.0. The van der Waals surface area contributed by atoms with Gasteiger partial charge >= 0.3 is 0 Å². The molecule has 4 nitrogen and oxygen atoms in total. The molecule has 0 amide bonds. The smallest absolute Gasteiger partial charge is 0.214 e. The molecule has 1 heterocycles. The van der Waals surface area contributed by atoms with Crippen LogP contribution in [0.3, 0.4) is 0 Å². The van der Waals surface area contributed by atoms with E-state index >= 15 is 0 Å². The molecule has 0 radical (unpaired) electrons. The van der Waals surface area contributed by atoms with Gasteiger partial charge in [0, 0.05) is 17.6 Å². The number of hydrogen-bond donors (Lipinski definition) is 1. The first-order chi connectivity index (χ1) is 10.6. The van der Waals surface area contributed by atoms with Gasteiger partial charge in [0.1, 0.15) is 0 Å². The van der Waals surface area contributed by atoms with E-state index < -0.39 is 10.0 Å². The molecule has 3 rings (SSSR count). The van der Waals surface area contributed by atoms with E-state index in [9.17, 15) is 8.42 Å². The van der Waals surface area contributed by atoms with Crippen molar-refractivity contribution in [3.05, 3.63) is 34.9 Å². The summed E-state index contributed by atoms with van der Waals surface area (Å²) in [5, 5.41) is 0.541. The summed E-state index contributed by atoms with van der Waals surface area (Å²) in [7, 11) is -3.14. The summed E-state index contributed by atoms with van der Waals surface area (Å²) >= 11 is 5.98. The van der Waals surface area contributed by atoms with Gasteiger partial charge < -0.3 is 0 Å². The van der Waals surface area contributed by atoms with E-state index in [2.05, 4.69) is 9.62 Å². The Morgan fingerprint density at radius 2 is 1.77 bits per heavy atom. The number of nitrogens with zero attached hydrogens (tertiary/aromatic N) is 1. The number of rotatable bonds is 6. The maximum atomic E-state index is 12.1. The van der Waals surface area contributed by atoms with E-state index in [1.54, 1.807) is 0 Å². The van der Waals surface area contributed by atoms with Crippen molar-refractivity contribution in [2.75, 3.05) is 19.6 Å². The van der Waals surface area contributed by atoms with Crippen LogP contribution in [0.2, 0.25) is 5.02 Å². The van der Waals surface area contributed by atoms with E-state index in [1.807, 2.05) is 24.3 Å². The molecule has 1 aliphatic carbocycles. The van der Waals surface area contributed by atoms with Crippen molar-refractivity contribution in [2.24, 2.45) is 0 Å². The largest absolute Gasteiger partial charge is 0.295 e. The topological polar surface area (TPSA) is 49.4 Å². The van der Waals surface area contributed by atoms with Gasteiger partial charge in [-0.15, -0.1) is 0 Å². The van der Waals surface area contributed by atoms with Gasteiger partial charge in [-0.1, -0.05) is 30.2 Å². The number of sulfonamides is 1. The van der Waals surface area contributed by atoms with Crippen LogP contribution >= 0.6 is 11.6 Å². The molecule has 122 valence electrons. The zero-order chi connectivity index (χ0) is 15.6. The predicted octanol–water partition coefficient (Wildman–Crippen LogP) is 2.95. The molecule has 0 bridgehead atoms. The van der Waals surface area contributed by atoms with Crippen LogP contribution < -0.4 is 4.72 Å². The summed E-state index contributed by atoms with van der Waals surface area (Å²) in [6.45, 7) is 2.50. The lowest BCUT2D eigenvalue weighted by Crippen LogP contribution is -2.41. The van der Waals surface area contributed by atoms with Crippen LogP contribution in [0.1, 0.15) is 43.7 Å². The maximum absolute atomic E-state index is 12.1. The second kappa shape index (κ2) is 6.87. The Balaban J connectivity index is 1.74. The van der Waals surface area contributed by atoms with E-state index in [-0.39, 0.29) is 11.3 Å². The fourth-order valence-electron chi connectivity index (χ4n) is 3.06. The normalized spacial score (nSPS) is 21.7. The van der Waals surface area contributed by atoms with Gasteiger partial charge in [0.25, 0.3) is 0 Å². The number of hydrogen-bond acceptors (Lipinski definition) is 3. The van der Waals surface area contributed by atoms with E-state index in [1.165, 1.54) is 19.3 Å². The summed E-state index contributed by atoms with van der Waals surface area (Å²) < 4.78 is 27.1. The Morgan fingerprint density at radius 1 is 1.14 bits per heavy atom. The molecule has 0 aromatic heterocycles. The average molecular weight is 343 g/mol. The molecule has 0 spiro atoms. The van der Waals surface area contributed by atoms with Gasteiger partial charge in [-0.05, 0) is 56.5 Å². The molecule has 2 fully saturated rings. The van der Waals surface area contributed by atoms with Crippen molar-refractivity contribution in [1.29, 1.82) is 0 Å². The monoisotopic (exact) mass is 342 g/mol. The number of halogens is 1. The lowest BCUT2D eigenvalue weighted by molar-refractivity contribution is 0.164. The molecule has 1 aromatic carbocycles. The molecule has 1 atom stereocenters. The van der Waals surface area contributed by atoms with Crippen LogP contribution in [-0.2, 0) is 10.0 Å². The molecule has 1 saturated heterocycles. The van der Waals surface area contributed by atoms with Crippen molar-refractivity contribution in [1.82, 2.24) is 9.62 Å². The van der Waals surface area contributed by atoms with Gasteiger partial charge in [-0.3, -0.25) is 4.90 Å². The summed E-state index contributed by atoms with van der Waals surface area (Å²) in [5.74, 6) is 0. The molecule has 1 aromatic rings. The second-order valence-corrected chi connectivity index (χ2v) is 8.74. The highest BCUT2D eigenvalue weighted by atomic mass is 35.5. The van der Waals surface area contributed by atoms with E-state index in [0.29, 0.717) is 11.6 Å².